The molecule has 4 nitrogen and oxygen atoms in total. The van der Waals surface area contributed by atoms with Gasteiger partial charge in [-0.2, -0.15) is 0 Å². The van der Waals surface area contributed by atoms with Gasteiger partial charge in [0.2, 0.25) is 0 Å². The Labute approximate surface area is 73.1 Å². The summed E-state index contributed by atoms with van der Waals surface area (Å²) in [6.07, 6.45) is 1.17. The van der Waals surface area contributed by atoms with Crippen LogP contribution in [0.1, 0.15) is 19.8 Å². The Morgan fingerprint density at radius 3 is 2.33 bits per heavy atom. The molecule has 0 spiro atoms. The van der Waals surface area contributed by atoms with E-state index in [1.165, 1.54) is 0 Å². The lowest BCUT2D eigenvalue weighted by Gasteiger charge is -2.30. The smallest absolute Gasteiger partial charge is 0.155 e. The molecule has 0 radical (unpaired) electrons. The predicted octanol–water partition coefficient (Wildman–Crippen LogP) is 0.127. The van der Waals surface area contributed by atoms with Crippen molar-refractivity contribution in [3.05, 3.63) is 0 Å². The summed E-state index contributed by atoms with van der Waals surface area (Å²) >= 11 is 0. The molecule has 0 amide bonds. The van der Waals surface area contributed by atoms with Crippen LogP contribution < -0.4 is 0 Å². The number of methoxy groups -OCH3 is 1. The molecule has 0 aromatic rings. The first-order valence-corrected chi connectivity index (χ1v) is 4.05. The molecule has 0 aliphatic carbocycles. The van der Waals surface area contributed by atoms with Crippen LogP contribution in [0, 0.1) is 0 Å². The van der Waals surface area contributed by atoms with Crippen LogP contribution in [0.3, 0.4) is 0 Å². The summed E-state index contributed by atoms with van der Waals surface area (Å²) in [6.45, 7) is 1.91. The summed E-state index contributed by atoms with van der Waals surface area (Å²) in [6, 6.07) is 0. The molecule has 2 unspecified atom stereocenters. The van der Waals surface area contributed by atoms with Crippen LogP contribution in [0.15, 0.2) is 0 Å². The number of rotatable bonds is 1. The third-order valence-corrected chi connectivity index (χ3v) is 1.90. The van der Waals surface area contributed by atoms with Crippen molar-refractivity contribution in [3.8, 4) is 0 Å². The van der Waals surface area contributed by atoms with E-state index >= 15 is 0 Å². The van der Waals surface area contributed by atoms with E-state index in [4.69, 9.17) is 19.7 Å². The number of aliphatic hydroxyl groups excluding tert-OH is 2. The van der Waals surface area contributed by atoms with Gasteiger partial charge in [-0.1, -0.05) is 0 Å². The zero-order valence-electron chi connectivity index (χ0n) is 7.86. The van der Waals surface area contributed by atoms with E-state index in [1.54, 1.807) is 7.11 Å². The van der Waals surface area contributed by atoms with Crippen LogP contribution in [0.2, 0.25) is 0 Å². The van der Waals surface area contributed by atoms with E-state index in [9.17, 15) is 0 Å². The Morgan fingerprint density at radius 1 is 1.33 bits per heavy atom. The van der Waals surface area contributed by atoms with Crippen LogP contribution in [0.5, 0.6) is 0 Å². The Morgan fingerprint density at radius 2 is 1.92 bits per heavy atom. The molecule has 4 heteroatoms. The fourth-order valence-corrected chi connectivity index (χ4v) is 1.25. The van der Waals surface area contributed by atoms with Crippen molar-refractivity contribution in [3.63, 3.8) is 0 Å². The lowest BCUT2D eigenvalue weighted by Crippen LogP contribution is -2.37. The van der Waals surface area contributed by atoms with Crippen molar-refractivity contribution in [1.82, 2.24) is 0 Å². The van der Waals surface area contributed by atoms with E-state index in [0.717, 1.165) is 13.5 Å². The minimum Gasteiger partial charge on any atom is -0.400 e. The maximum atomic E-state index is 9.02. The molecule has 1 aliphatic rings. The molecule has 1 aliphatic heterocycles. The third kappa shape index (κ3) is 3.49. The molecule has 0 aromatic heterocycles. The van der Waals surface area contributed by atoms with Gasteiger partial charge in [-0.05, 0) is 13.3 Å². The second kappa shape index (κ2) is 6.37. The highest BCUT2D eigenvalue weighted by Crippen LogP contribution is 2.19. The van der Waals surface area contributed by atoms with E-state index in [-0.39, 0.29) is 12.2 Å². The Bertz CT molecular complexity index is 107. The Kier molecular flexibility index (Phi) is 6.28. The van der Waals surface area contributed by atoms with Gasteiger partial charge in [0, 0.05) is 20.6 Å². The predicted molar refractivity (Wildman–Crippen MR) is 44.7 cm³/mol. The van der Waals surface area contributed by atoms with Crippen molar-refractivity contribution < 1.29 is 19.7 Å². The molecule has 0 bridgehead atoms. The quantitative estimate of drug-likeness (QED) is 0.599. The SMILES string of the molecule is CO.COC1CCC(O)O[C@H]1C. The van der Waals surface area contributed by atoms with Gasteiger partial charge in [0.1, 0.15) is 0 Å². The molecular formula is C8H18O4. The minimum absolute atomic E-state index is 0.0220. The first kappa shape index (κ1) is 11.8. The zero-order valence-corrected chi connectivity index (χ0v) is 7.86. The van der Waals surface area contributed by atoms with Gasteiger partial charge in [0.25, 0.3) is 0 Å². The van der Waals surface area contributed by atoms with Crippen molar-refractivity contribution in [1.29, 1.82) is 0 Å². The average molecular weight is 178 g/mol. The Hall–Kier alpha value is -0.160. The molecule has 1 fully saturated rings. The Balaban J connectivity index is 0.000000561. The van der Waals surface area contributed by atoms with E-state index in [0.29, 0.717) is 6.42 Å². The molecule has 1 heterocycles. The van der Waals surface area contributed by atoms with Crippen molar-refractivity contribution in [2.75, 3.05) is 14.2 Å². The highest BCUT2D eigenvalue weighted by molar-refractivity contribution is 4.71. The summed E-state index contributed by atoms with van der Waals surface area (Å²) in [4.78, 5) is 0. The second-order valence-electron chi connectivity index (χ2n) is 2.65. The average Bonchev–Trinajstić information content (AvgIpc) is 2.08. The molecule has 2 N–H and O–H groups in total. The summed E-state index contributed by atoms with van der Waals surface area (Å²) in [5.74, 6) is 0. The van der Waals surface area contributed by atoms with E-state index in [2.05, 4.69) is 0 Å². The van der Waals surface area contributed by atoms with Crippen LogP contribution >= 0.6 is 0 Å². The minimum atomic E-state index is -0.582. The maximum absolute atomic E-state index is 9.02. The van der Waals surface area contributed by atoms with Gasteiger partial charge in [-0.15, -0.1) is 0 Å². The van der Waals surface area contributed by atoms with Crippen LogP contribution in [-0.4, -0.2) is 42.9 Å². The van der Waals surface area contributed by atoms with Gasteiger partial charge in [0.15, 0.2) is 6.29 Å². The first-order valence-electron chi connectivity index (χ1n) is 4.05. The molecule has 1 rings (SSSR count). The van der Waals surface area contributed by atoms with Gasteiger partial charge in [-0.25, -0.2) is 0 Å². The van der Waals surface area contributed by atoms with E-state index in [1.807, 2.05) is 6.92 Å². The first-order chi connectivity index (χ1) is 5.74. The molecule has 1 saturated heterocycles. The lowest BCUT2D eigenvalue weighted by atomic mass is 10.1. The molecule has 3 atom stereocenters. The summed E-state index contributed by atoms with van der Waals surface area (Å²) in [7, 11) is 2.67. The molecular weight excluding hydrogens is 160 g/mol. The van der Waals surface area contributed by atoms with Crippen molar-refractivity contribution in [2.24, 2.45) is 0 Å². The topological polar surface area (TPSA) is 58.9 Å². The summed E-state index contributed by atoms with van der Waals surface area (Å²) in [5, 5.41) is 16.0. The van der Waals surface area contributed by atoms with Crippen LogP contribution in [0.25, 0.3) is 0 Å². The number of aliphatic hydroxyl groups is 2. The number of hydrogen-bond donors (Lipinski definition) is 2. The van der Waals surface area contributed by atoms with Gasteiger partial charge in [-0.3, -0.25) is 0 Å². The summed E-state index contributed by atoms with van der Waals surface area (Å²) in [5.41, 5.74) is 0. The summed E-state index contributed by atoms with van der Waals surface area (Å²) < 4.78 is 10.2. The number of hydrogen-bond acceptors (Lipinski definition) is 4. The monoisotopic (exact) mass is 178 g/mol. The lowest BCUT2D eigenvalue weighted by molar-refractivity contribution is -0.198. The normalized spacial score (nSPS) is 35.2. The zero-order chi connectivity index (χ0) is 9.56. The number of ether oxygens (including phenoxy) is 2. The van der Waals surface area contributed by atoms with Gasteiger partial charge < -0.3 is 19.7 Å². The fraction of sp³-hybridized carbons (Fsp3) is 1.00. The molecule has 74 valence electrons. The van der Waals surface area contributed by atoms with E-state index < -0.39 is 6.29 Å². The van der Waals surface area contributed by atoms with Crippen molar-refractivity contribution >= 4 is 0 Å². The second-order valence-corrected chi connectivity index (χ2v) is 2.65. The van der Waals surface area contributed by atoms with Gasteiger partial charge >= 0.3 is 0 Å². The molecule has 12 heavy (non-hydrogen) atoms. The molecule has 0 saturated carbocycles. The van der Waals surface area contributed by atoms with Gasteiger partial charge in [0.05, 0.1) is 12.2 Å². The van der Waals surface area contributed by atoms with Crippen LogP contribution in [-0.2, 0) is 9.47 Å². The largest absolute Gasteiger partial charge is 0.400 e. The highest BCUT2D eigenvalue weighted by Gasteiger charge is 2.26. The van der Waals surface area contributed by atoms with Crippen molar-refractivity contribution in [2.45, 2.75) is 38.3 Å². The fourth-order valence-electron chi connectivity index (χ4n) is 1.25. The highest BCUT2D eigenvalue weighted by atomic mass is 16.6. The standard InChI is InChI=1S/C7H14O3.CH4O/c1-5-6(9-2)3-4-7(8)10-5;1-2/h5-8H,3-4H2,1-2H3;2H,1H3/t5-,6?,7?;/m0./s1. The third-order valence-electron chi connectivity index (χ3n) is 1.90. The molecule has 0 aromatic carbocycles. The maximum Gasteiger partial charge on any atom is 0.155 e. The van der Waals surface area contributed by atoms with Crippen LogP contribution in [0.4, 0.5) is 0 Å².